The third-order valence-electron chi connectivity index (χ3n) is 4.62. The van der Waals surface area contributed by atoms with Gasteiger partial charge in [0, 0.05) is 36.7 Å². The number of Topliss-reactive ketones (excluding diaryl/α,β-unsaturated/α-hetero) is 1. The number of fused-ring (bicyclic) bond motifs is 1. The Kier molecular flexibility index (Phi) is 3.59. The summed E-state index contributed by atoms with van der Waals surface area (Å²) in [5.74, 6) is 0.0559. The molecule has 0 saturated heterocycles. The van der Waals surface area contributed by atoms with E-state index in [4.69, 9.17) is 5.73 Å². The zero-order chi connectivity index (χ0) is 16.7. The molecule has 1 fully saturated rings. The van der Waals surface area contributed by atoms with E-state index in [9.17, 15) is 9.59 Å². The van der Waals surface area contributed by atoms with Gasteiger partial charge in [-0.2, -0.15) is 0 Å². The lowest BCUT2D eigenvalue weighted by atomic mass is 9.92. The van der Waals surface area contributed by atoms with E-state index in [1.165, 1.54) is 12.8 Å². The van der Waals surface area contributed by atoms with E-state index in [2.05, 4.69) is 15.0 Å². The summed E-state index contributed by atoms with van der Waals surface area (Å²) < 4.78 is 0. The number of aryl methyl sites for hydroxylation is 1. The van der Waals surface area contributed by atoms with Gasteiger partial charge in [0.05, 0.1) is 17.1 Å². The predicted octanol–water partition coefficient (Wildman–Crippen LogP) is 1.96. The second-order valence-corrected chi connectivity index (χ2v) is 6.51. The maximum absolute atomic E-state index is 12.1. The first-order chi connectivity index (χ1) is 11.6. The number of hydrogen-bond acceptors (Lipinski definition) is 5. The number of nitrogens with two attached hydrogens (primary N) is 1. The zero-order valence-corrected chi connectivity index (χ0v) is 13.3. The zero-order valence-electron chi connectivity index (χ0n) is 13.3. The smallest absolute Gasteiger partial charge is 0.267 e. The van der Waals surface area contributed by atoms with Crippen LogP contribution in [0.25, 0.3) is 0 Å². The highest BCUT2D eigenvalue weighted by Crippen LogP contribution is 2.38. The molecule has 4 rings (SSSR count). The standard InChI is InChI=1S/C18H18N4O2/c19-18(24)17-11(7-13-14(22-17)2-1-3-16(13)23)6-12-8-21-15(9-20-12)10-4-5-10/h7-10H,1-6H2,(H2,19,24). The fourth-order valence-electron chi connectivity index (χ4n) is 3.17. The largest absolute Gasteiger partial charge is 0.364 e. The Balaban J connectivity index is 1.68. The van der Waals surface area contributed by atoms with Gasteiger partial charge in [0.2, 0.25) is 0 Å². The predicted molar refractivity (Wildman–Crippen MR) is 86.8 cm³/mol. The number of amides is 1. The van der Waals surface area contributed by atoms with Gasteiger partial charge in [-0.1, -0.05) is 0 Å². The molecule has 0 atom stereocenters. The maximum atomic E-state index is 12.1. The molecule has 0 aliphatic heterocycles. The fraction of sp³-hybridized carbons (Fsp3) is 0.389. The number of hydrogen-bond donors (Lipinski definition) is 1. The highest BCUT2D eigenvalue weighted by atomic mass is 16.1. The van der Waals surface area contributed by atoms with Gasteiger partial charge in [0.15, 0.2) is 5.78 Å². The lowest BCUT2D eigenvalue weighted by molar-refractivity contribution is 0.0963. The Morgan fingerprint density at radius 2 is 2.04 bits per heavy atom. The number of aromatic nitrogens is 3. The fourth-order valence-corrected chi connectivity index (χ4v) is 3.17. The first kappa shape index (κ1) is 14.9. The Morgan fingerprint density at radius 3 is 2.71 bits per heavy atom. The summed E-state index contributed by atoms with van der Waals surface area (Å²) in [7, 11) is 0. The number of ketones is 1. The van der Waals surface area contributed by atoms with Crippen LogP contribution >= 0.6 is 0 Å². The molecule has 6 nitrogen and oxygen atoms in total. The molecule has 2 aromatic heterocycles. The summed E-state index contributed by atoms with van der Waals surface area (Å²) in [6.07, 6.45) is 8.28. The molecule has 0 unspecified atom stereocenters. The van der Waals surface area contributed by atoms with Gasteiger partial charge in [-0.25, -0.2) is 4.98 Å². The number of nitrogens with zero attached hydrogens (tertiary/aromatic N) is 3. The van der Waals surface area contributed by atoms with Crippen molar-refractivity contribution in [3.05, 3.63) is 52.4 Å². The van der Waals surface area contributed by atoms with Crippen LogP contribution in [0.4, 0.5) is 0 Å². The number of carbonyl (C=O) groups excluding carboxylic acids is 2. The molecule has 2 aliphatic rings. The van der Waals surface area contributed by atoms with Crippen LogP contribution in [0.1, 0.15) is 75.1 Å². The average Bonchev–Trinajstić information content (AvgIpc) is 3.41. The van der Waals surface area contributed by atoms with Crippen molar-refractivity contribution in [3.63, 3.8) is 0 Å². The summed E-state index contributed by atoms with van der Waals surface area (Å²) in [5, 5.41) is 0. The molecular formula is C18H18N4O2. The molecule has 1 amide bonds. The van der Waals surface area contributed by atoms with Crippen LogP contribution < -0.4 is 5.73 Å². The van der Waals surface area contributed by atoms with Gasteiger partial charge in [-0.15, -0.1) is 0 Å². The van der Waals surface area contributed by atoms with Gasteiger partial charge in [0.1, 0.15) is 5.69 Å². The van der Waals surface area contributed by atoms with Gasteiger partial charge in [0.25, 0.3) is 5.91 Å². The third-order valence-corrected chi connectivity index (χ3v) is 4.62. The Morgan fingerprint density at radius 1 is 1.21 bits per heavy atom. The van der Waals surface area contributed by atoms with E-state index >= 15 is 0 Å². The lowest BCUT2D eigenvalue weighted by Crippen LogP contribution is -2.21. The Hall–Kier alpha value is -2.63. The highest BCUT2D eigenvalue weighted by molar-refractivity contribution is 6.00. The Labute approximate surface area is 139 Å². The molecule has 0 radical (unpaired) electrons. The van der Waals surface area contributed by atoms with Gasteiger partial charge >= 0.3 is 0 Å². The van der Waals surface area contributed by atoms with Crippen molar-refractivity contribution in [3.8, 4) is 0 Å². The van der Waals surface area contributed by atoms with Crippen molar-refractivity contribution in [2.24, 2.45) is 5.73 Å². The second kappa shape index (κ2) is 5.78. The summed E-state index contributed by atoms with van der Waals surface area (Å²) in [6, 6.07) is 1.76. The summed E-state index contributed by atoms with van der Waals surface area (Å²) in [5.41, 5.74) is 9.42. The first-order valence-corrected chi connectivity index (χ1v) is 8.28. The SMILES string of the molecule is NC(=O)c1nc2c(cc1Cc1cnc(C3CC3)cn1)C(=O)CCC2. The molecule has 24 heavy (non-hydrogen) atoms. The van der Waals surface area contributed by atoms with Gasteiger partial charge < -0.3 is 5.73 Å². The average molecular weight is 322 g/mol. The number of rotatable bonds is 4. The summed E-state index contributed by atoms with van der Waals surface area (Å²) in [6.45, 7) is 0. The topological polar surface area (TPSA) is 98.8 Å². The number of pyridine rings is 1. The van der Waals surface area contributed by atoms with Crippen molar-refractivity contribution in [1.82, 2.24) is 15.0 Å². The van der Waals surface area contributed by atoms with Gasteiger partial charge in [-0.05, 0) is 37.3 Å². The van der Waals surface area contributed by atoms with Crippen LogP contribution in [0, 0.1) is 0 Å². The van der Waals surface area contributed by atoms with Gasteiger partial charge in [-0.3, -0.25) is 19.6 Å². The highest BCUT2D eigenvalue weighted by Gasteiger charge is 2.26. The molecule has 2 aliphatic carbocycles. The van der Waals surface area contributed by atoms with E-state index in [0.717, 1.165) is 17.8 Å². The Bertz CT molecular complexity index is 826. The van der Waals surface area contributed by atoms with Crippen LogP contribution in [0.3, 0.4) is 0 Å². The molecule has 2 heterocycles. The first-order valence-electron chi connectivity index (χ1n) is 8.28. The van der Waals surface area contributed by atoms with Crippen LogP contribution in [-0.2, 0) is 12.8 Å². The molecule has 0 spiro atoms. The lowest BCUT2D eigenvalue weighted by Gasteiger charge is -2.17. The minimum atomic E-state index is -0.576. The number of carbonyl (C=O) groups is 2. The number of primary amides is 1. The maximum Gasteiger partial charge on any atom is 0.267 e. The van der Waals surface area contributed by atoms with E-state index in [0.29, 0.717) is 42.0 Å². The van der Waals surface area contributed by atoms with E-state index < -0.39 is 5.91 Å². The van der Waals surface area contributed by atoms with E-state index in [1.807, 2.05) is 0 Å². The molecule has 2 N–H and O–H groups in total. The van der Waals surface area contributed by atoms with Crippen LogP contribution in [0.15, 0.2) is 18.5 Å². The molecule has 2 aromatic rings. The van der Waals surface area contributed by atoms with Crippen molar-refractivity contribution < 1.29 is 9.59 Å². The second-order valence-electron chi connectivity index (χ2n) is 6.51. The molecule has 1 saturated carbocycles. The third kappa shape index (κ3) is 2.79. The van der Waals surface area contributed by atoms with Crippen LogP contribution in [0.5, 0.6) is 0 Å². The van der Waals surface area contributed by atoms with Crippen molar-refractivity contribution in [1.29, 1.82) is 0 Å². The molecule has 0 bridgehead atoms. The molecular weight excluding hydrogens is 304 g/mol. The quantitative estimate of drug-likeness (QED) is 0.927. The van der Waals surface area contributed by atoms with E-state index in [1.54, 1.807) is 18.5 Å². The molecule has 122 valence electrons. The monoisotopic (exact) mass is 322 g/mol. The van der Waals surface area contributed by atoms with Crippen molar-refractivity contribution >= 4 is 11.7 Å². The van der Waals surface area contributed by atoms with Crippen molar-refractivity contribution in [2.75, 3.05) is 0 Å². The normalized spacial score (nSPS) is 16.8. The van der Waals surface area contributed by atoms with Crippen LogP contribution in [0.2, 0.25) is 0 Å². The molecule has 6 heteroatoms. The minimum Gasteiger partial charge on any atom is -0.364 e. The minimum absolute atomic E-state index is 0.0798. The van der Waals surface area contributed by atoms with Crippen molar-refractivity contribution in [2.45, 2.75) is 44.4 Å². The van der Waals surface area contributed by atoms with Crippen LogP contribution in [-0.4, -0.2) is 26.6 Å². The summed E-state index contributed by atoms with van der Waals surface area (Å²) in [4.78, 5) is 37.1. The van der Waals surface area contributed by atoms with E-state index in [-0.39, 0.29) is 11.5 Å². The molecule has 0 aromatic carbocycles. The summed E-state index contributed by atoms with van der Waals surface area (Å²) >= 11 is 0.